The molecular formula is C21H28N4O2. The molecule has 2 N–H and O–H groups in total. The van der Waals surface area contributed by atoms with Crippen LogP contribution in [-0.4, -0.2) is 48.9 Å². The summed E-state index contributed by atoms with van der Waals surface area (Å²) in [6.45, 7) is 7.52. The smallest absolute Gasteiger partial charge is 0.274 e. The van der Waals surface area contributed by atoms with Gasteiger partial charge in [0, 0.05) is 18.8 Å². The molecule has 1 heterocycles. The van der Waals surface area contributed by atoms with Crippen LogP contribution in [0.2, 0.25) is 0 Å². The zero-order valence-electron chi connectivity index (χ0n) is 16.7. The maximum atomic E-state index is 12.7. The Hall–Kier alpha value is -2.73. The zero-order chi connectivity index (χ0) is 20.0. The SMILES string of the molecule is CN(C)CCNC(=O)c1cccc(C(=O)Nc2ccccc2C(C)(C)C)n1. The van der Waals surface area contributed by atoms with Crippen LogP contribution in [0.15, 0.2) is 42.5 Å². The van der Waals surface area contributed by atoms with E-state index in [9.17, 15) is 9.59 Å². The van der Waals surface area contributed by atoms with E-state index in [4.69, 9.17) is 0 Å². The predicted octanol–water partition coefficient (Wildman–Crippen LogP) is 2.92. The van der Waals surface area contributed by atoms with E-state index in [1.54, 1.807) is 18.2 Å². The average Bonchev–Trinajstić information content (AvgIpc) is 2.61. The standard InChI is InChI=1S/C21H28N4O2/c1-21(2,3)15-9-6-7-10-16(15)24-20(27)18-12-8-11-17(23-18)19(26)22-13-14-25(4)5/h6-12H,13-14H2,1-5H3,(H,22,26)(H,24,27). The molecule has 0 radical (unpaired) electrons. The van der Waals surface area contributed by atoms with Gasteiger partial charge in [-0.3, -0.25) is 9.59 Å². The Morgan fingerprint density at radius 2 is 1.59 bits per heavy atom. The van der Waals surface area contributed by atoms with Gasteiger partial charge in [-0.2, -0.15) is 0 Å². The third-order valence-corrected chi connectivity index (χ3v) is 4.04. The molecule has 1 aromatic heterocycles. The molecule has 27 heavy (non-hydrogen) atoms. The van der Waals surface area contributed by atoms with Gasteiger partial charge in [-0.05, 0) is 43.3 Å². The molecule has 2 amide bonds. The molecule has 0 saturated heterocycles. The molecule has 2 aromatic rings. The first-order valence-corrected chi connectivity index (χ1v) is 8.99. The van der Waals surface area contributed by atoms with Crippen molar-refractivity contribution in [2.24, 2.45) is 0 Å². The Labute approximate surface area is 161 Å². The number of carbonyl (C=O) groups excluding carboxylic acids is 2. The molecule has 0 spiro atoms. The van der Waals surface area contributed by atoms with E-state index >= 15 is 0 Å². The first-order chi connectivity index (χ1) is 12.7. The zero-order valence-corrected chi connectivity index (χ0v) is 16.7. The fourth-order valence-corrected chi connectivity index (χ4v) is 2.60. The number of carbonyl (C=O) groups is 2. The van der Waals surface area contributed by atoms with E-state index in [1.807, 2.05) is 43.3 Å². The summed E-state index contributed by atoms with van der Waals surface area (Å²) in [6.07, 6.45) is 0. The van der Waals surface area contributed by atoms with E-state index in [1.165, 1.54) is 0 Å². The van der Waals surface area contributed by atoms with Crippen LogP contribution in [-0.2, 0) is 5.41 Å². The highest BCUT2D eigenvalue weighted by Crippen LogP contribution is 2.29. The quantitative estimate of drug-likeness (QED) is 0.822. The summed E-state index contributed by atoms with van der Waals surface area (Å²) in [5.74, 6) is -0.628. The minimum atomic E-state index is -0.338. The second-order valence-corrected chi connectivity index (χ2v) is 7.72. The molecule has 0 atom stereocenters. The van der Waals surface area contributed by atoms with Gasteiger partial charge in [0.25, 0.3) is 11.8 Å². The largest absolute Gasteiger partial charge is 0.349 e. The molecule has 0 unspecified atom stereocenters. The minimum Gasteiger partial charge on any atom is -0.349 e. The molecule has 6 nitrogen and oxygen atoms in total. The van der Waals surface area contributed by atoms with Crippen molar-refractivity contribution in [2.45, 2.75) is 26.2 Å². The Morgan fingerprint density at radius 3 is 2.22 bits per heavy atom. The van der Waals surface area contributed by atoms with E-state index in [2.05, 4.69) is 36.4 Å². The van der Waals surface area contributed by atoms with Gasteiger partial charge in [0.1, 0.15) is 11.4 Å². The lowest BCUT2D eigenvalue weighted by Gasteiger charge is -2.22. The number of anilines is 1. The Balaban J connectivity index is 2.13. The molecule has 144 valence electrons. The summed E-state index contributed by atoms with van der Waals surface area (Å²) in [5, 5.41) is 5.72. The van der Waals surface area contributed by atoms with Gasteiger partial charge >= 0.3 is 0 Å². The van der Waals surface area contributed by atoms with Gasteiger partial charge in [-0.1, -0.05) is 45.0 Å². The van der Waals surface area contributed by atoms with Crippen LogP contribution in [0.4, 0.5) is 5.69 Å². The number of rotatable bonds is 6. The van der Waals surface area contributed by atoms with Crippen molar-refractivity contribution >= 4 is 17.5 Å². The molecular weight excluding hydrogens is 340 g/mol. The van der Waals surface area contributed by atoms with Crippen LogP contribution in [0, 0.1) is 0 Å². The number of para-hydroxylation sites is 1. The summed E-state index contributed by atoms with van der Waals surface area (Å²) in [6, 6.07) is 12.6. The molecule has 0 bridgehead atoms. The number of hydrogen-bond donors (Lipinski definition) is 2. The third-order valence-electron chi connectivity index (χ3n) is 4.04. The monoisotopic (exact) mass is 368 g/mol. The van der Waals surface area contributed by atoms with Crippen molar-refractivity contribution < 1.29 is 9.59 Å². The van der Waals surface area contributed by atoms with Gasteiger partial charge in [0.15, 0.2) is 0 Å². The van der Waals surface area contributed by atoms with E-state index in [-0.39, 0.29) is 28.6 Å². The summed E-state index contributed by atoms with van der Waals surface area (Å²) < 4.78 is 0. The lowest BCUT2D eigenvalue weighted by atomic mass is 9.86. The first kappa shape index (κ1) is 20.6. The summed E-state index contributed by atoms with van der Waals surface area (Å²) in [7, 11) is 3.87. The normalized spacial score (nSPS) is 11.3. The highest BCUT2D eigenvalue weighted by molar-refractivity contribution is 6.04. The molecule has 0 aliphatic heterocycles. The molecule has 0 fully saturated rings. The van der Waals surface area contributed by atoms with Crippen LogP contribution in [0.5, 0.6) is 0 Å². The van der Waals surface area contributed by atoms with Crippen LogP contribution in [0.3, 0.4) is 0 Å². The van der Waals surface area contributed by atoms with Crippen molar-refractivity contribution in [3.05, 3.63) is 59.4 Å². The number of benzene rings is 1. The highest BCUT2D eigenvalue weighted by Gasteiger charge is 2.19. The number of nitrogens with one attached hydrogen (secondary N) is 2. The number of likely N-dealkylation sites (N-methyl/N-ethyl adjacent to an activating group) is 1. The maximum absolute atomic E-state index is 12.7. The van der Waals surface area contributed by atoms with E-state index in [0.29, 0.717) is 6.54 Å². The number of nitrogens with zero attached hydrogens (tertiary/aromatic N) is 2. The van der Waals surface area contributed by atoms with E-state index in [0.717, 1.165) is 17.8 Å². The fraction of sp³-hybridized carbons (Fsp3) is 0.381. The van der Waals surface area contributed by atoms with Crippen molar-refractivity contribution in [1.82, 2.24) is 15.2 Å². The van der Waals surface area contributed by atoms with Gasteiger partial charge in [-0.25, -0.2) is 4.98 Å². The summed E-state index contributed by atoms with van der Waals surface area (Å²) >= 11 is 0. The number of hydrogen-bond acceptors (Lipinski definition) is 4. The lowest BCUT2D eigenvalue weighted by molar-refractivity contribution is 0.0946. The second kappa shape index (κ2) is 8.77. The maximum Gasteiger partial charge on any atom is 0.274 e. The van der Waals surface area contributed by atoms with Crippen molar-refractivity contribution in [2.75, 3.05) is 32.5 Å². The number of pyridine rings is 1. The van der Waals surface area contributed by atoms with Crippen molar-refractivity contribution in [3.63, 3.8) is 0 Å². The molecule has 1 aromatic carbocycles. The van der Waals surface area contributed by atoms with E-state index < -0.39 is 0 Å². The Kier molecular flexibility index (Phi) is 6.69. The van der Waals surface area contributed by atoms with Gasteiger partial charge in [0.05, 0.1) is 0 Å². The highest BCUT2D eigenvalue weighted by atomic mass is 16.2. The van der Waals surface area contributed by atoms with Gasteiger partial charge in [0.2, 0.25) is 0 Å². The molecule has 0 saturated carbocycles. The topological polar surface area (TPSA) is 74.3 Å². The van der Waals surface area contributed by atoms with Crippen molar-refractivity contribution in [3.8, 4) is 0 Å². The van der Waals surface area contributed by atoms with Crippen molar-refractivity contribution in [1.29, 1.82) is 0 Å². The minimum absolute atomic E-state index is 0.106. The summed E-state index contributed by atoms with van der Waals surface area (Å²) in [5.41, 5.74) is 2.11. The number of aromatic nitrogens is 1. The fourth-order valence-electron chi connectivity index (χ4n) is 2.60. The molecule has 2 rings (SSSR count). The average molecular weight is 368 g/mol. The van der Waals surface area contributed by atoms with Crippen LogP contribution in [0.1, 0.15) is 47.3 Å². The van der Waals surface area contributed by atoms with Crippen LogP contribution < -0.4 is 10.6 Å². The van der Waals surface area contributed by atoms with Gasteiger partial charge in [-0.15, -0.1) is 0 Å². The first-order valence-electron chi connectivity index (χ1n) is 8.99. The molecule has 0 aliphatic carbocycles. The van der Waals surface area contributed by atoms with Crippen LogP contribution >= 0.6 is 0 Å². The molecule has 6 heteroatoms. The summed E-state index contributed by atoms with van der Waals surface area (Å²) in [4.78, 5) is 31.1. The second-order valence-electron chi connectivity index (χ2n) is 7.72. The number of amides is 2. The third kappa shape index (κ3) is 5.89. The Morgan fingerprint density at radius 1 is 0.963 bits per heavy atom. The molecule has 0 aliphatic rings. The predicted molar refractivity (Wildman–Crippen MR) is 108 cm³/mol. The lowest BCUT2D eigenvalue weighted by Crippen LogP contribution is -2.32. The van der Waals surface area contributed by atoms with Gasteiger partial charge < -0.3 is 15.5 Å². The Bertz CT molecular complexity index is 810. The van der Waals surface area contributed by atoms with Crippen LogP contribution in [0.25, 0.3) is 0 Å².